The Balaban J connectivity index is 1.38. The van der Waals surface area contributed by atoms with Crippen LogP contribution in [0.2, 0.25) is 0 Å². The molecule has 1 saturated carbocycles. The Morgan fingerprint density at radius 1 is 1.11 bits per heavy atom. The fourth-order valence-electron chi connectivity index (χ4n) is 3.92. The number of hydrogen-bond donors (Lipinski definition) is 2. The molecule has 1 fully saturated rings. The van der Waals surface area contributed by atoms with Gasteiger partial charge in [0.2, 0.25) is 5.91 Å². The maximum absolute atomic E-state index is 13.1. The Morgan fingerprint density at radius 3 is 2.46 bits per heavy atom. The number of carbonyl (C=O) groups excluding carboxylic acids is 2. The standard InChI is InChI=1S/C26H23N7O2/c1-32(20-8-2-17(12-27)3-9-20)24(34)21-15-33-22(13-30-23(33)14-29-21)18-4-6-19(7-5-18)31-25(35)26(16-28)10-11-26/h2-9,13-15H,10-11,16,28H2,1H3,(H,31,35). The predicted octanol–water partition coefficient (Wildman–Crippen LogP) is 3.22. The molecule has 4 aromatic rings. The Labute approximate surface area is 201 Å². The minimum Gasteiger partial charge on any atom is -0.329 e. The molecule has 1 aliphatic carbocycles. The zero-order valence-corrected chi connectivity index (χ0v) is 19.1. The van der Waals surface area contributed by atoms with Crippen molar-refractivity contribution in [3.05, 3.63) is 78.4 Å². The van der Waals surface area contributed by atoms with E-state index in [9.17, 15) is 9.59 Å². The molecule has 0 bridgehead atoms. The number of fused-ring (bicyclic) bond motifs is 1. The average molecular weight is 466 g/mol. The number of rotatable bonds is 6. The summed E-state index contributed by atoms with van der Waals surface area (Å²) in [4.78, 5) is 35.7. The first-order valence-corrected chi connectivity index (χ1v) is 11.2. The summed E-state index contributed by atoms with van der Waals surface area (Å²) in [7, 11) is 1.66. The number of amides is 2. The number of nitrogens with one attached hydrogen (secondary N) is 1. The lowest BCUT2D eigenvalue weighted by atomic mass is 10.1. The van der Waals surface area contributed by atoms with Crippen molar-refractivity contribution in [1.82, 2.24) is 14.4 Å². The van der Waals surface area contributed by atoms with Gasteiger partial charge in [0.15, 0.2) is 5.65 Å². The van der Waals surface area contributed by atoms with E-state index in [0.717, 1.165) is 24.1 Å². The molecular weight excluding hydrogens is 442 g/mol. The van der Waals surface area contributed by atoms with Gasteiger partial charge in [-0.1, -0.05) is 12.1 Å². The average Bonchev–Trinajstić information content (AvgIpc) is 3.60. The molecule has 0 aliphatic heterocycles. The minimum atomic E-state index is -0.415. The van der Waals surface area contributed by atoms with Gasteiger partial charge in [-0.05, 0) is 49.2 Å². The van der Waals surface area contributed by atoms with Crippen LogP contribution in [0.4, 0.5) is 11.4 Å². The lowest BCUT2D eigenvalue weighted by Crippen LogP contribution is -2.30. The zero-order chi connectivity index (χ0) is 24.6. The second kappa shape index (κ2) is 8.66. The maximum atomic E-state index is 13.1. The van der Waals surface area contributed by atoms with Crippen molar-refractivity contribution < 1.29 is 9.59 Å². The maximum Gasteiger partial charge on any atom is 0.278 e. The highest BCUT2D eigenvalue weighted by molar-refractivity contribution is 6.04. The fraction of sp³-hybridized carbons (Fsp3) is 0.192. The molecule has 1 aliphatic rings. The first-order chi connectivity index (χ1) is 16.9. The van der Waals surface area contributed by atoms with E-state index in [1.54, 1.807) is 49.9 Å². The quantitative estimate of drug-likeness (QED) is 0.450. The molecule has 174 valence electrons. The van der Waals surface area contributed by atoms with Crippen LogP contribution in [0.1, 0.15) is 28.9 Å². The van der Waals surface area contributed by atoms with Crippen LogP contribution < -0.4 is 16.0 Å². The van der Waals surface area contributed by atoms with Crippen molar-refractivity contribution in [2.75, 3.05) is 23.8 Å². The minimum absolute atomic E-state index is 0.0387. The summed E-state index contributed by atoms with van der Waals surface area (Å²) in [6.07, 6.45) is 6.58. The van der Waals surface area contributed by atoms with Gasteiger partial charge in [0.05, 0.1) is 35.1 Å². The van der Waals surface area contributed by atoms with Gasteiger partial charge in [0.25, 0.3) is 5.91 Å². The van der Waals surface area contributed by atoms with Gasteiger partial charge in [-0.3, -0.25) is 14.0 Å². The summed E-state index contributed by atoms with van der Waals surface area (Å²) in [6, 6.07) is 16.3. The van der Waals surface area contributed by atoms with Gasteiger partial charge < -0.3 is 16.0 Å². The number of carbonyl (C=O) groups is 2. The molecule has 9 nitrogen and oxygen atoms in total. The molecule has 3 N–H and O–H groups in total. The van der Waals surface area contributed by atoms with E-state index < -0.39 is 5.41 Å². The second-order valence-corrected chi connectivity index (χ2v) is 8.68. The molecule has 2 aromatic carbocycles. The van der Waals surface area contributed by atoms with E-state index in [4.69, 9.17) is 11.0 Å². The van der Waals surface area contributed by atoms with Gasteiger partial charge in [0.1, 0.15) is 5.69 Å². The van der Waals surface area contributed by atoms with Crippen LogP contribution in [-0.2, 0) is 4.79 Å². The van der Waals surface area contributed by atoms with Crippen LogP contribution in [0.3, 0.4) is 0 Å². The first kappa shape index (κ1) is 22.3. The Morgan fingerprint density at radius 2 is 1.83 bits per heavy atom. The number of nitriles is 1. The summed E-state index contributed by atoms with van der Waals surface area (Å²) in [5.41, 5.74) is 9.73. The number of imidazole rings is 1. The molecule has 35 heavy (non-hydrogen) atoms. The third-order valence-corrected chi connectivity index (χ3v) is 6.47. The lowest BCUT2D eigenvalue weighted by molar-refractivity contribution is -0.120. The second-order valence-electron chi connectivity index (χ2n) is 8.68. The van der Waals surface area contributed by atoms with Crippen LogP contribution in [0.25, 0.3) is 16.9 Å². The van der Waals surface area contributed by atoms with Crippen LogP contribution in [0, 0.1) is 16.7 Å². The fourth-order valence-corrected chi connectivity index (χ4v) is 3.92. The number of nitrogens with zero attached hydrogens (tertiary/aromatic N) is 5. The summed E-state index contributed by atoms with van der Waals surface area (Å²) >= 11 is 0. The Kier molecular flexibility index (Phi) is 5.51. The molecule has 0 unspecified atom stereocenters. The molecule has 0 radical (unpaired) electrons. The SMILES string of the molecule is CN(C(=O)c1cn2c(-c3ccc(NC(=O)C4(CN)CC4)cc3)cnc2cn1)c1ccc(C#N)cc1. The highest BCUT2D eigenvalue weighted by Gasteiger charge is 2.48. The molecule has 0 spiro atoms. The van der Waals surface area contributed by atoms with Crippen LogP contribution in [0.15, 0.2) is 67.1 Å². The van der Waals surface area contributed by atoms with Gasteiger partial charge >= 0.3 is 0 Å². The predicted molar refractivity (Wildman–Crippen MR) is 132 cm³/mol. The summed E-state index contributed by atoms with van der Waals surface area (Å²) in [5.74, 6) is -0.327. The summed E-state index contributed by atoms with van der Waals surface area (Å²) in [5, 5.41) is 11.9. The number of benzene rings is 2. The largest absolute Gasteiger partial charge is 0.329 e. The van der Waals surface area contributed by atoms with Crippen molar-refractivity contribution in [3.63, 3.8) is 0 Å². The van der Waals surface area contributed by atoms with Crippen molar-refractivity contribution in [2.24, 2.45) is 11.1 Å². The normalized spacial score (nSPS) is 13.7. The topological polar surface area (TPSA) is 129 Å². The highest BCUT2D eigenvalue weighted by atomic mass is 16.2. The Bertz CT molecular complexity index is 1460. The zero-order valence-electron chi connectivity index (χ0n) is 19.1. The lowest BCUT2D eigenvalue weighted by Gasteiger charge is -2.17. The molecule has 9 heteroatoms. The highest BCUT2D eigenvalue weighted by Crippen LogP contribution is 2.45. The number of anilines is 2. The van der Waals surface area contributed by atoms with E-state index in [-0.39, 0.29) is 17.5 Å². The third kappa shape index (κ3) is 4.11. The molecule has 2 aromatic heterocycles. The van der Waals surface area contributed by atoms with E-state index in [0.29, 0.717) is 29.1 Å². The van der Waals surface area contributed by atoms with Crippen molar-refractivity contribution >= 4 is 28.8 Å². The van der Waals surface area contributed by atoms with Crippen LogP contribution >= 0.6 is 0 Å². The van der Waals surface area contributed by atoms with Gasteiger partial charge in [0, 0.05) is 36.7 Å². The van der Waals surface area contributed by atoms with Crippen molar-refractivity contribution in [3.8, 4) is 17.3 Å². The summed E-state index contributed by atoms with van der Waals surface area (Å²) in [6.45, 7) is 0.355. The number of nitrogens with two attached hydrogens (primary N) is 1. The van der Waals surface area contributed by atoms with E-state index in [1.165, 1.54) is 4.90 Å². The monoisotopic (exact) mass is 465 g/mol. The first-order valence-electron chi connectivity index (χ1n) is 11.2. The molecule has 2 amide bonds. The van der Waals surface area contributed by atoms with Crippen molar-refractivity contribution in [2.45, 2.75) is 12.8 Å². The van der Waals surface area contributed by atoms with Crippen molar-refractivity contribution in [1.29, 1.82) is 5.26 Å². The summed E-state index contributed by atoms with van der Waals surface area (Å²) < 4.78 is 1.81. The Hall–Kier alpha value is -4.55. The molecular formula is C26H23N7O2. The molecule has 5 rings (SSSR count). The van der Waals surface area contributed by atoms with Crippen LogP contribution in [-0.4, -0.2) is 39.8 Å². The van der Waals surface area contributed by atoms with E-state index in [1.807, 2.05) is 28.7 Å². The van der Waals surface area contributed by atoms with Crippen LogP contribution in [0.5, 0.6) is 0 Å². The van der Waals surface area contributed by atoms with E-state index >= 15 is 0 Å². The molecule has 2 heterocycles. The number of aromatic nitrogens is 3. The smallest absolute Gasteiger partial charge is 0.278 e. The van der Waals surface area contributed by atoms with E-state index in [2.05, 4.69) is 21.4 Å². The van der Waals surface area contributed by atoms with Gasteiger partial charge in [-0.2, -0.15) is 5.26 Å². The molecule has 0 atom stereocenters. The molecule has 0 saturated heterocycles. The third-order valence-electron chi connectivity index (χ3n) is 6.47. The number of hydrogen-bond acceptors (Lipinski definition) is 6. The van der Waals surface area contributed by atoms with Gasteiger partial charge in [-0.15, -0.1) is 0 Å². The van der Waals surface area contributed by atoms with Gasteiger partial charge in [-0.25, -0.2) is 9.97 Å².